The highest BCUT2D eigenvalue weighted by Crippen LogP contribution is 2.36. The van der Waals surface area contributed by atoms with Gasteiger partial charge in [0.15, 0.2) is 0 Å². The van der Waals surface area contributed by atoms with Crippen LogP contribution in [0.3, 0.4) is 0 Å². The predicted octanol–water partition coefficient (Wildman–Crippen LogP) is 3.32. The Morgan fingerprint density at radius 2 is 2.00 bits per heavy atom. The zero-order valence-corrected chi connectivity index (χ0v) is 9.89. The van der Waals surface area contributed by atoms with Crippen LogP contribution in [0.25, 0.3) is 0 Å². The second kappa shape index (κ2) is 4.85. The molecular weight excluding hydrogens is 265 g/mol. The number of anilines is 1. The van der Waals surface area contributed by atoms with Gasteiger partial charge in [-0.25, -0.2) is 0 Å². The van der Waals surface area contributed by atoms with Crippen molar-refractivity contribution in [3.8, 4) is 5.75 Å². The fourth-order valence-corrected chi connectivity index (χ4v) is 1.93. The summed E-state index contributed by atoms with van der Waals surface area (Å²) in [6, 6.07) is 6.65. The first-order chi connectivity index (χ1) is 8.47. The molecule has 3 nitrogen and oxygen atoms in total. The number of nitrogens with two attached hydrogens (primary N) is 1. The van der Waals surface area contributed by atoms with Crippen LogP contribution in [0.2, 0.25) is 0 Å². The SMILES string of the molecule is Nc1cc(COc2ccccc2C(F)(F)F)sn1. The molecule has 0 amide bonds. The van der Waals surface area contributed by atoms with E-state index in [0.29, 0.717) is 10.7 Å². The number of hydrogen-bond donors (Lipinski definition) is 1. The average molecular weight is 274 g/mol. The average Bonchev–Trinajstić information content (AvgIpc) is 2.72. The molecule has 1 aromatic heterocycles. The van der Waals surface area contributed by atoms with E-state index in [1.165, 1.54) is 18.2 Å². The highest BCUT2D eigenvalue weighted by Gasteiger charge is 2.33. The van der Waals surface area contributed by atoms with Gasteiger partial charge >= 0.3 is 6.18 Å². The van der Waals surface area contributed by atoms with Gasteiger partial charge in [0.25, 0.3) is 0 Å². The number of benzene rings is 1. The molecule has 2 N–H and O–H groups in total. The van der Waals surface area contributed by atoms with Crippen LogP contribution >= 0.6 is 11.5 Å². The monoisotopic (exact) mass is 274 g/mol. The summed E-state index contributed by atoms with van der Waals surface area (Å²) in [5.74, 6) is 0.139. The topological polar surface area (TPSA) is 48.1 Å². The summed E-state index contributed by atoms with van der Waals surface area (Å²) in [5.41, 5.74) is 4.62. The number of alkyl halides is 3. The Morgan fingerprint density at radius 1 is 1.28 bits per heavy atom. The van der Waals surface area contributed by atoms with Crippen molar-refractivity contribution in [1.82, 2.24) is 4.37 Å². The summed E-state index contributed by atoms with van der Waals surface area (Å²) < 4.78 is 47.0. The summed E-state index contributed by atoms with van der Waals surface area (Å²) >= 11 is 1.10. The van der Waals surface area contributed by atoms with E-state index in [2.05, 4.69) is 4.37 Å². The minimum atomic E-state index is -4.43. The first-order valence-corrected chi connectivity index (χ1v) is 5.74. The van der Waals surface area contributed by atoms with Gasteiger partial charge in [-0.3, -0.25) is 0 Å². The molecule has 0 spiro atoms. The van der Waals surface area contributed by atoms with E-state index in [1.807, 2.05) is 0 Å². The molecule has 0 aliphatic rings. The lowest BCUT2D eigenvalue weighted by Crippen LogP contribution is -2.08. The number of hydrogen-bond acceptors (Lipinski definition) is 4. The quantitative estimate of drug-likeness (QED) is 0.934. The predicted molar refractivity (Wildman–Crippen MR) is 62.3 cm³/mol. The molecule has 18 heavy (non-hydrogen) atoms. The molecule has 0 aliphatic carbocycles. The molecule has 0 saturated heterocycles. The van der Waals surface area contributed by atoms with Crippen LogP contribution in [0.4, 0.5) is 19.0 Å². The fraction of sp³-hybridized carbons (Fsp3) is 0.182. The van der Waals surface area contributed by atoms with E-state index >= 15 is 0 Å². The molecule has 0 atom stereocenters. The lowest BCUT2D eigenvalue weighted by Gasteiger charge is -2.12. The van der Waals surface area contributed by atoms with E-state index < -0.39 is 11.7 Å². The number of halogens is 3. The van der Waals surface area contributed by atoms with Crippen LogP contribution in [0, 0.1) is 0 Å². The van der Waals surface area contributed by atoms with Gasteiger partial charge in [0, 0.05) is 0 Å². The third-order valence-corrected chi connectivity index (χ3v) is 2.91. The maximum absolute atomic E-state index is 12.7. The van der Waals surface area contributed by atoms with Crippen molar-refractivity contribution in [2.75, 3.05) is 5.73 Å². The van der Waals surface area contributed by atoms with Crippen molar-refractivity contribution in [3.05, 3.63) is 40.8 Å². The molecule has 0 saturated carbocycles. The van der Waals surface area contributed by atoms with E-state index in [1.54, 1.807) is 6.07 Å². The van der Waals surface area contributed by atoms with Gasteiger partial charge in [0.1, 0.15) is 18.2 Å². The summed E-state index contributed by atoms with van der Waals surface area (Å²) in [5, 5.41) is 0. The highest BCUT2D eigenvalue weighted by atomic mass is 32.1. The van der Waals surface area contributed by atoms with Gasteiger partial charge in [-0.15, -0.1) is 0 Å². The first kappa shape index (κ1) is 12.7. The summed E-state index contributed by atoms with van der Waals surface area (Å²) in [6.07, 6.45) is -4.43. The van der Waals surface area contributed by atoms with Gasteiger partial charge in [-0.2, -0.15) is 17.5 Å². The second-order valence-corrected chi connectivity index (χ2v) is 4.39. The standard InChI is InChI=1S/C11H9F3N2OS/c12-11(13,14)8-3-1-2-4-9(8)17-6-7-5-10(15)16-18-7/h1-5H,6H2,(H2,15,16). The van der Waals surface area contributed by atoms with Gasteiger partial charge in [-0.1, -0.05) is 12.1 Å². The molecule has 1 heterocycles. The Morgan fingerprint density at radius 3 is 2.61 bits per heavy atom. The Bertz CT molecular complexity index is 539. The molecule has 0 radical (unpaired) electrons. The minimum Gasteiger partial charge on any atom is -0.487 e. The Labute approximate surface area is 105 Å². The molecule has 1 aromatic carbocycles. The lowest BCUT2D eigenvalue weighted by molar-refractivity contribution is -0.139. The van der Waals surface area contributed by atoms with Crippen LogP contribution < -0.4 is 10.5 Å². The van der Waals surface area contributed by atoms with E-state index in [9.17, 15) is 13.2 Å². The Balaban J connectivity index is 2.14. The smallest absolute Gasteiger partial charge is 0.419 e. The van der Waals surface area contributed by atoms with Crippen molar-refractivity contribution in [2.45, 2.75) is 12.8 Å². The van der Waals surface area contributed by atoms with Crippen LogP contribution in [-0.4, -0.2) is 4.37 Å². The second-order valence-electron chi connectivity index (χ2n) is 3.50. The number of nitrogen functional groups attached to an aromatic ring is 1. The number of aromatic nitrogens is 1. The molecule has 0 aliphatic heterocycles. The van der Waals surface area contributed by atoms with Crippen LogP contribution in [0.5, 0.6) is 5.75 Å². The third-order valence-electron chi connectivity index (χ3n) is 2.14. The zero-order chi connectivity index (χ0) is 13.2. The van der Waals surface area contributed by atoms with Crippen LogP contribution in [0.1, 0.15) is 10.4 Å². The van der Waals surface area contributed by atoms with Gasteiger partial charge < -0.3 is 10.5 Å². The largest absolute Gasteiger partial charge is 0.487 e. The van der Waals surface area contributed by atoms with Crippen molar-refractivity contribution < 1.29 is 17.9 Å². The van der Waals surface area contributed by atoms with Crippen molar-refractivity contribution in [1.29, 1.82) is 0 Å². The Kier molecular flexibility index (Phi) is 3.42. The van der Waals surface area contributed by atoms with Crippen molar-refractivity contribution in [3.63, 3.8) is 0 Å². The number of rotatable bonds is 3. The molecular formula is C11H9F3N2OS. The number of nitrogens with zero attached hydrogens (tertiary/aromatic N) is 1. The molecule has 7 heteroatoms. The maximum Gasteiger partial charge on any atom is 0.419 e. The van der Waals surface area contributed by atoms with E-state index in [-0.39, 0.29) is 12.4 Å². The zero-order valence-electron chi connectivity index (χ0n) is 9.07. The Hall–Kier alpha value is -1.76. The van der Waals surface area contributed by atoms with Gasteiger partial charge in [-0.05, 0) is 29.7 Å². The van der Waals surface area contributed by atoms with Crippen molar-refractivity contribution in [2.24, 2.45) is 0 Å². The van der Waals surface area contributed by atoms with Gasteiger partial charge in [0.2, 0.25) is 0 Å². The molecule has 2 rings (SSSR count). The molecule has 96 valence electrons. The first-order valence-electron chi connectivity index (χ1n) is 4.97. The van der Waals surface area contributed by atoms with Gasteiger partial charge in [0.05, 0.1) is 10.4 Å². The van der Waals surface area contributed by atoms with Crippen molar-refractivity contribution >= 4 is 17.4 Å². The van der Waals surface area contributed by atoms with E-state index in [4.69, 9.17) is 10.5 Å². The minimum absolute atomic E-state index is 0.0158. The number of ether oxygens (including phenoxy) is 1. The third kappa shape index (κ3) is 2.92. The lowest BCUT2D eigenvalue weighted by atomic mass is 10.2. The molecule has 2 aromatic rings. The summed E-state index contributed by atoms with van der Waals surface area (Å²) in [6.45, 7) is 0.0158. The molecule has 0 fully saturated rings. The van der Waals surface area contributed by atoms with Crippen LogP contribution in [0.15, 0.2) is 30.3 Å². The van der Waals surface area contributed by atoms with Crippen LogP contribution in [-0.2, 0) is 12.8 Å². The highest BCUT2D eigenvalue weighted by molar-refractivity contribution is 7.06. The number of para-hydroxylation sites is 1. The normalized spacial score (nSPS) is 11.5. The summed E-state index contributed by atoms with van der Waals surface area (Å²) in [4.78, 5) is 0.671. The maximum atomic E-state index is 12.7. The van der Waals surface area contributed by atoms with E-state index in [0.717, 1.165) is 17.6 Å². The molecule has 0 unspecified atom stereocenters. The molecule has 0 bridgehead atoms. The summed E-state index contributed by atoms with van der Waals surface area (Å²) in [7, 11) is 0. The fourth-order valence-electron chi connectivity index (χ4n) is 1.37.